The van der Waals surface area contributed by atoms with Gasteiger partial charge in [0, 0.05) is 33.2 Å². The summed E-state index contributed by atoms with van der Waals surface area (Å²) in [5, 5.41) is 1.21. The van der Waals surface area contributed by atoms with Gasteiger partial charge in [-0.25, -0.2) is 0 Å². The summed E-state index contributed by atoms with van der Waals surface area (Å²) in [6.07, 6.45) is 2.10. The Labute approximate surface area is 149 Å². The third kappa shape index (κ3) is 2.61. The number of hydrogen-bond acceptors (Lipinski definition) is 1. The number of H-pyrrole nitrogens is 1. The van der Waals surface area contributed by atoms with Crippen molar-refractivity contribution in [2.75, 3.05) is 5.73 Å². The number of para-hydroxylation sites is 1. The van der Waals surface area contributed by atoms with Crippen LogP contribution in [-0.2, 0) is 0 Å². The standard InChI is InChI=1S/C21H17BrN2/c22-15-10-11-20-17(12-15)18(13-24-20)21(14-6-2-1-3-7-14)16-8-4-5-9-19(16)23/h1-13,21,24H,23H2. The summed E-state index contributed by atoms with van der Waals surface area (Å²) in [6.45, 7) is 0. The molecule has 24 heavy (non-hydrogen) atoms. The number of aromatic amines is 1. The van der Waals surface area contributed by atoms with Crippen molar-refractivity contribution in [3.8, 4) is 0 Å². The molecule has 4 aromatic rings. The summed E-state index contributed by atoms with van der Waals surface area (Å²) in [7, 11) is 0. The summed E-state index contributed by atoms with van der Waals surface area (Å²) in [5.41, 5.74) is 11.9. The minimum Gasteiger partial charge on any atom is -0.398 e. The number of hydrogen-bond donors (Lipinski definition) is 2. The predicted molar refractivity (Wildman–Crippen MR) is 104 cm³/mol. The number of fused-ring (bicyclic) bond motifs is 1. The number of nitrogens with one attached hydrogen (secondary N) is 1. The molecule has 1 aromatic heterocycles. The van der Waals surface area contributed by atoms with Crippen LogP contribution in [0.1, 0.15) is 22.6 Å². The largest absolute Gasteiger partial charge is 0.398 e. The first-order valence-electron chi connectivity index (χ1n) is 7.90. The van der Waals surface area contributed by atoms with Crippen LogP contribution in [0.2, 0.25) is 0 Å². The van der Waals surface area contributed by atoms with Gasteiger partial charge in [0.2, 0.25) is 0 Å². The number of aromatic nitrogens is 1. The second-order valence-corrected chi connectivity index (χ2v) is 6.82. The summed E-state index contributed by atoms with van der Waals surface area (Å²) in [5.74, 6) is 0.0930. The van der Waals surface area contributed by atoms with Crippen molar-refractivity contribution in [3.05, 3.63) is 100 Å². The van der Waals surface area contributed by atoms with Gasteiger partial charge in [-0.1, -0.05) is 64.5 Å². The van der Waals surface area contributed by atoms with Gasteiger partial charge in [0.25, 0.3) is 0 Å². The number of benzene rings is 3. The highest BCUT2D eigenvalue weighted by Crippen LogP contribution is 2.38. The highest BCUT2D eigenvalue weighted by Gasteiger charge is 2.21. The summed E-state index contributed by atoms with van der Waals surface area (Å²) < 4.78 is 1.07. The monoisotopic (exact) mass is 376 g/mol. The van der Waals surface area contributed by atoms with Gasteiger partial charge in [-0.05, 0) is 41.0 Å². The Morgan fingerprint density at radius 3 is 2.38 bits per heavy atom. The van der Waals surface area contributed by atoms with Gasteiger partial charge in [-0.15, -0.1) is 0 Å². The SMILES string of the molecule is Nc1ccccc1C(c1ccccc1)c1c[nH]c2ccc(Br)cc12. The first kappa shape index (κ1) is 15.0. The molecule has 2 nitrogen and oxygen atoms in total. The van der Waals surface area contributed by atoms with E-state index in [0.717, 1.165) is 21.2 Å². The third-order valence-electron chi connectivity index (χ3n) is 4.43. The molecule has 3 N–H and O–H groups in total. The fourth-order valence-electron chi connectivity index (χ4n) is 3.30. The Morgan fingerprint density at radius 2 is 1.58 bits per heavy atom. The molecule has 1 heterocycles. The van der Waals surface area contributed by atoms with Gasteiger partial charge < -0.3 is 10.7 Å². The molecule has 0 saturated carbocycles. The fraction of sp³-hybridized carbons (Fsp3) is 0.0476. The van der Waals surface area contributed by atoms with Crippen LogP contribution in [0.4, 0.5) is 5.69 Å². The molecule has 0 aliphatic carbocycles. The van der Waals surface area contributed by atoms with Crippen LogP contribution in [0.15, 0.2) is 83.5 Å². The van der Waals surface area contributed by atoms with E-state index in [1.54, 1.807) is 0 Å². The van der Waals surface area contributed by atoms with Crippen LogP contribution in [0, 0.1) is 0 Å². The maximum Gasteiger partial charge on any atom is 0.0457 e. The van der Waals surface area contributed by atoms with Gasteiger partial charge in [-0.3, -0.25) is 0 Å². The summed E-state index contributed by atoms with van der Waals surface area (Å²) in [6, 6.07) is 24.9. The maximum atomic E-state index is 6.32. The smallest absolute Gasteiger partial charge is 0.0457 e. The molecule has 0 bridgehead atoms. The Bertz CT molecular complexity index is 989. The number of rotatable bonds is 3. The Balaban J connectivity index is 1.99. The lowest BCUT2D eigenvalue weighted by molar-refractivity contribution is 0.991. The lowest BCUT2D eigenvalue weighted by Gasteiger charge is -2.20. The highest BCUT2D eigenvalue weighted by atomic mass is 79.9. The molecular formula is C21H17BrN2. The van der Waals surface area contributed by atoms with Crippen molar-refractivity contribution in [2.45, 2.75) is 5.92 Å². The number of halogens is 1. The average molecular weight is 377 g/mol. The number of nitrogens with two attached hydrogens (primary N) is 1. The summed E-state index contributed by atoms with van der Waals surface area (Å²) in [4.78, 5) is 3.39. The van der Waals surface area contributed by atoms with Crippen LogP contribution in [0.5, 0.6) is 0 Å². The lowest BCUT2D eigenvalue weighted by Crippen LogP contribution is -2.06. The molecule has 0 amide bonds. The average Bonchev–Trinajstić information content (AvgIpc) is 3.01. The van der Waals surface area contributed by atoms with E-state index in [1.807, 2.05) is 24.3 Å². The van der Waals surface area contributed by atoms with Gasteiger partial charge >= 0.3 is 0 Å². The topological polar surface area (TPSA) is 41.8 Å². The fourth-order valence-corrected chi connectivity index (χ4v) is 3.66. The minimum atomic E-state index is 0.0930. The van der Waals surface area contributed by atoms with Crippen molar-refractivity contribution >= 4 is 32.5 Å². The number of anilines is 1. The van der Waals surface area contributed by atoms with E-state index < -0.39 is 0 Å². The molecule has 0 radical (unpaired) electrons. The number of nitrogen functional groups attached to an aromatic ring is 1. The van der Waals surface area contributed by atoms with Gasteiger partial charge in [0.1, 0.15) is 0 Å². The van der Waals surface area contributed by atoms with Crippen molar-refractivity contribution in [3.63, 3.8) is 0 Å². The van der Waals surface area contributed by atoms with Gasteiger partial charge in [0.15, 0.2) is 0 Å². The molecule has 0 aliphatic rings. The van der Waals surface area contributed by atoms with E-state index in [1.165, 1.54) is 16.5 Å². The van der Waals surface area contributed by atoms with E-state index >= 15 is 0 Å². The minimum absolute atomic E-state index is 0.0930. The van der Waals surface area contributed by atoms with Crippen molar-refractivity contribution in [1.29, 1.82) is 0 Å². The lowest BCUT2D eigenvalue weighted by atomic mass is 9.84. The normalized spacial score (nSPS) is 12.4. The molecular weight excluding hydrogens is 360 g/mol. The highest BCUT2D eigenvalue weighted by molar-refractivity contribution is 9.10. The molecule has 3 heteroatoms. The second-order valence-electron chi connectivity index (χ2n) is 5.91. The zero-order valence-electron chi connectivity index (χ0n) is 13.0. The van der Waals surface area contributed by atoms with Crippen LogP contribution >= 0.6 is 15.9 Å². The first-order valence-corrected chi connectivity index (χ1v) is 8.69. The quantitative estimate of drug-likeness (QED) is 0.442. The van der Waals surface area contributed by atoms with E-state index in [0.29, 0.717) is 0 Å². The first-order chi connectivity index (χ1) is 11.7. The third-order valence-corrected chi connectivity index (χ3v) is 4.92. The molecule has 0 aliphatic heterocycles. The Morgan fingerprint density at radius 1 is 0.833 bits per heavy atom. The molecule has 0 spiro atoms. The molecule has 1 atom stereocenters. The zero-order valence-corrected chi connectivity index (χ0v) is 14.6. The Hall–Kier alpha value is -2.52. The van der Waals surface area contributed by atoms with E-state index in [2.05, 4.69) is 75.6 Å². The molecule has 4 rings (SSSR count). The molecule has 1 unspecified atom stereocenters. The van der Waals surface area contributed by atoms with Gasteiger partial charge in [-0.2, -0.15) is 0 Å². The zero-order chi connectivity index (χ0) is 16.5. The van der Waals surface area contributed by atoms with E-state index in [4.69, 9.17) is 5.73 Å². The molecule has 0 saturated heterocycles. The molecule has 0 fully saturated rings. The molecule has 118 valence electrons. The van der Waals surface area contributed by atoms with Crippen molar-refractivity contribution in [2.24, 2.45) is 0 Å². The maximum absolute atomic E-state index is 6.32. The van der Waals surface area contributed by atoms with Crippen LogP contribution in [0.3, 0.4) is 0 Å². The van der Waals surface area contributed by atoms with E-state index in [-0.39, 0.29) is 5.92 Å². The van der Waals surface area contributed by atoms with Crippen molar-refractivity contribution < 1.29 is 0 Å². The predicted octanol–water partition coefficient (Wildman–Crippen LogP) is 5.69. The van der Waals surface area contributed by atoms with Crippen LogP contribution in [0.25, 0.3) is 10.9 Å². The van der Waals surface area contributed by atoms with Gasteiger partial charge in [0.05, 0.1) is 0 Å². The Kier molecular flexibility index (Phi) is 3.87. The summed E-state index contributed by atoms with van der Waals surface area (Å²) >= 11 is 3.59. The van der Waals surface area contributed by atoms with Crippen LogP contribution < -0.4 is 5.73 Å². The van der Waals surface area contributed by atoms with Crippen molar-refractivity contribution in [1.82, 2.24) is 4.98 Å². The van der Waals surface area contributed by atoms with E-state index in [9.17, 15) is 0 Å². The second kappa shape index (κ2) is 6.17. The van der Waals surface area contributed by atoms with Crippen LogP contribution in [-0.4, -0.2) is 4.98 Å². The molecule has 3 aromatic carbocycles.